The maximum absolute atomic E-state index is 13.1. The molecule has 20 heavy (non-hydrogen) atoms. The van der Waals surface area contributed by atoms with Gasteiger partial charge in [-0.1, -0.05) is 12.1 Å². The van der Waals surface area contributed by atoms with Gasteiger partial charge in [0.25, 0.3) is 0 Å². The van der Waals surface area contributed by atoms with Crippen LogP contribution < -0.4 is 0 Å². The average Bonchev–Trinajstić information content (AvgIpc) is 2.85. The van der Waals surface area contributed by atoms with Gasteiger partial charge in [0, 0.05) is 5.56 Å². The summed E-state index contributed by atoms with van der Waals surface area (Å²) in [5, 5.41) is 13.2. The van der Waals surface area contributed by atoms with Crippen LogP contribution in [0.15, 0.2) is 16.7 Å². The van der Waals surface area contributed by atoms with Gasteiger partial charge in [0.1, 0.15) is 0 Å². The van der Waals surface area contributed by atoms with Crippen LogP contribution in [0, 0.1) is 17.5 Å². The summed E-state index contributed by atoms with van der Waals surface area (Å²) in [4.78, 5) is 3.99. The molecule has 2 unspecified atom stereocenters. The number of aromatic nitrogens is 2. The number of hydrogen-bond donors (Lipinski definition) is 1. The van der Waals surface area contributed by atoms with E-state index in [2.05, 4.69) is 10.1 Å². The van der Waals surface area contributed by atoms with Crippen LogP contribution in [-0.4, -0.2) is 21.4 Å². The van der Waals surface area contributed by atoms with Gasteiger partial charge in [-0.25, -0.2) is 13.2 Å². The standard InChI is InChI=1S/C13H13F3N2O2/c1-3-8(6(2)19)13-17-12(18-20-13)7-4-9(14)11(16)10(15)5-7/h4-6,8,19H,3H2,1-2H3. The highest BCUT2D eigenvalue weighted by atomic mass is 19.2. The second kappa shape index (κ2) is 5.62. The quantitative estimate of drug-likeness (QED) is 0.878. The fraction of sp³-hybridized carbons (Fsp3) is 0.385. The number of halogens is 3. The molecule has 0 saturated carbocycles. The molecule has 1 aromatic heterocycles. The molecule has 0 aliphatic carbocycles. The second-order valence-corrected chi connectivity index (χ2v) is 4.47. The summed E-state index contributed by atoms with van der Waals surface area (Å²) in [6.07, 6.45) is -0.138. The highest BCUT2D eigenvalue weighted by molar-refractivity contribution is 5.54. The Morgan fingerprint density at radius 1 is 1.25 bits per heavy atom. The van der Waals surface area contributed by atoms with Crippen molar-refractivity contribution < 1.29 is 22.8 Å². The van der Waals surface area contributed by atoms with E-state index in [1.54, 1.807) is 6.92 Å². The van der Waals surface area contributed by atoms with E-state index in [-0.39, 0.29) is 23.2 Å². The predicted octanol–water partition coefficient (Wildman–Crippen LogP) is 3.03. The van der Waals surface area contributed by atoms with Crippen LogP contribution in [0.3, 0.4) is 0 Å². The molecule has 1 heterocycles. The Kier molecular flexibility index (Phi) is 4.08. The van der Waals surface area contributed by atoms with Gasteiger partial charge < -0.3 is 9.63 Å². The number of benzene rings is 1. The molecule has 2 atom stereocenters. The van der Waals surface area contributed by atoms with Crippen molar-refractivity contribution in [2.75, 3.05) is 0 Å². The van der Waals surface area contributed by atoms with Crippen LogP contribution in [0.4, 0.5) is 13.2 Å². The molecule has 7 heteroatoms. The largest absolute Gasteiger partial charge is 0.393 e. The Labute approximate surface area is 113 Å². The smallest absolute Gasteiger partial charge is 0.232 e. The fourth-order valence-corrected chi connectivity index (χ4v) is 1.91. The van der Waals surface area contributed by atoms with Gasteiger partial charge in [0.05, 0.1) is 12.0 Å². The fourth-order valence-electron chi connectivity index (χ4n) is 1.91. The zero-order valence-electron chi connectivity index (χ0n) is 10.9. The Bertz CT molecular complexity index is 590. The third-order valence-corrected chi connectivity index (χ3v) is 3.02. The molecule has 108 valence electrons. The van der Waals surface area contributed by atoms with Gasteiger partial charge >= 0.3 is 0 Å². The Hall–Kier alpha value is -1.89. The van der Waals surface area contributed by atoms with Crippen molar-refractivity contribution in [3.05, 3.63) is 35.5 Å². The van der Waals surface area contributed by atoms with Gasteiger partial charge in [-0.05, 0) is 25.5 Å². The maximum Gasteiger partial charge on any atom is 0.232 e. The van der Waals surface area contributed by atoms with Gasteiger partial charge in [0.15, 0.2) is 17.5 Å². The molecule has 1 N–H and O–H groups in total. The number of aliphatic hydroxyl groups excluding tert-OH is 1. The molecule has 0 aliphatic heterocycles. The van der Waals surface area contributed by atoms with Crippen LogP contribution in [0.25, 0.3) is 11.4 Å². The van der Waals surface area contributed by atoms with Crippen molar-refractivity contribution in [2.24, 2.45) is 0 Å². The Morgan fingerprint density at radius 3 is 2.35 bits per heavy atom. The van der Waals surface area contributed by atoms with E-state index in [9.17, 15) is 18.3 Å². The minimum Gasteiger partial charge on any atom is -0.393 e. The Morgan fingerprint density at radius 2 is 1.85 bits per heavy atom. The van der Waals surface area contributed by atoms with E-state index in [1.807, 2.05) is 6.92 Å². The first kappa shape index (κ1) is 14.5. The molecule has 0 radical (unpaired) electrons. The van der Waals surface area contributed by atoms with Crippen LogP contribution in [0.5, 0.6) is 0 Å². The van der Waals surface area contributed by atoms with Crippen molar-refractivity contribution in [1.29, 1.82) is 0 Å². The molecule has 2 rings (SSSR count). The van der Waals surface area contributed by atoms with Gasteiger partial charge in [-0.2, -0.15) is 4.98 Å². The molecular formula is C13H13F3N2O2. The van der Waals surface area contributed by atoms with E-state index < -0.39 is 23.6 Å². The maximum atomic E-state index is 13.1. The summed E-state index contributed by atoms with van der Waals surface area (Å²) in [5.74, 6) is -4.46. The lowest BCUT2D eigenvalue weighted by molar-refractivity contribution is 0.141. The molecule has 2 aromatic rings. The number of aliphatic hydroxyl groups is 1. The molecule has 1 aromatic carbocycles. The van der Waals surface area contributed by atoms with Gasteiger partial charge in [-0.3, -0.25) is 0 Å². The van der Waals surface area contributed by atoms with Crippen LogP contribution >= 0.6 is 0 Å². The molecule has 0 saturated heterocycles. The van der Waals surface area contributed by atoms with E-state index in [1.165, 1.54) is 0 Å². The van der Waals surface area contributed by atoms with Crippen molar-refractivity contribution in [3.8, 4) is 11.4 Å². The van der Waals surface area contributed by atoms with E-state index >= 15 is 0 Å². The normalized spacial score (nSPS) is 14.3. The summed E-state index contributed by atoms with van der Waals surface area (Å²) in [7, 11) is 0. The first-order valence-corrected chi connectivity index (χ1v) is 6.10. The van der Waals surface area contributed by atoms with Gasteiger partial charge in [0.2, 0.25) is 11.7 Å². The van der Waals surface area contributed by atoms with E-state index in [0.29, 0.717) is 6.42 Å². The topological polar surface area (TPSA) is 59.2 Å². The highest BCUT2D eigenvalue weighted by Crippen LogP contribution is 2.26. The van der Waals surface area contributed by atoms with Crippen molar-refractivity contribution in [1.82, 2.24) is 10.1 Å². The molecule has 0 bridgehead atoms. The summed E-state index contributed by atoms with van der Waals surface area (Å²) >= 11 is 0. The third-order valence-electron chi connectivity index (χ3n) is 3.02. The Balaban J connectivity index is 2.38. The van der Waals surface area contributed by atoms with Crippen molar-refractivity contribution in [2.45, 2.75) is 32.3 Å². The summed E-state index contributed by atoms with van der Waals surface area (Å²) in [6, 6.07) is 1.58. The average molecular weight is 286 g/mol. The molecular weight excluding hydrogens is 273 g/mol. The summed E-state index contributed by atoms with van der Waals surface area (Å²) in [6.45, 7) is 3.41. The predicted molar refractivity (Wildman–Crippen MR) is 64.3 cm³/mol. The van der Waals surface area contributed by atoms with Crippen LogP contribution in [-0.2, 0) is 0 Å². The first-order chi connectivity index (χ1) is 9.43. The lowest BCUT2D eigenvalue weighted by Gasteiger charge is -2.12. The highest BCUT2D eigenvalue weighted by Gasteiger charge is 2.23. The third kappa shape index (κ3) is 2.67. The van der Waals surface area contributed by atoms with Crippen LogP contribution in [0.1, 0.15) is 32.1 Å². The SMILES string of the molecule is CCC(c1nc(-c2cc(F)c(F)c(F)c2)no1)C(C)O. The zero-order chi connectivity index (χ0) is 14.9. The number of rotatable bonds is 4. The lowest BCUT2D eigenvalue weighted by atomic mass is 10.0. The minimum absolute atomic E-state index is 0.0307. The second-order valence-electron chi connectivity index (χ2n) is 4.47. The zero-order valence-corrected chi connectivity index (χ0v) is 10.9. The molecule has 0 fully saturated rings. The lowest BCUT2D eigenvalue weighted by Crippen LogP contribution is -2.14. The number of nitrogens with zero attached hydrogens (tertiary/aromatic N) is 2. The van der Waals surface area contributed by atoms with Crippen LogP contribution in [0.2, 0.25) is 0 Å². The first-order valence-electron chi connectivity index (χ1n) is 6.10. The molecule has 0 aliphatic rings. The van der Waals surface area contributed by atoms with Gasteiger partial charge in [-0.15, -0.1) is 0 Å². The van der Waals surface area contributed by atoms with E-state index in [0.717, 1.165) is 12.1 Å². The van der Waals surface area contributed by atoms with Crippen molar-refractivity contribution in [3.63, 3.8) is 0 Å². The van der Waals surface area contributed by atoms with Crippen molar-refractivity contribution >= 4 is 0 Å². The minimum atomic E-state index is -1.55. The van der Waals surface area contributed by atoms with E-state index in [4.69, 9.17) is 4.52 Å². The summed E-state index contributed by atoms with van der Waals surface area (Å²) in [5.41, 5.74) is -0.0307. The number of hydrogen-bond acceptors (Lipinski definition) is 4. The summed E-state index contributed by atoms with van der Waals surface area (Å²) < 4.78 is 44.1. The monoisotopic (exact) mass is 286 g/mol. The molecule has 0 spiro atoms. The molecule has 4 nitrogen and oxygen atoms in total. The molecule has 0 amide bonds.